The van der Waals surface area contributed by atoms with Crippen LogP contribution >= 0.6 is 34.8 Å². The summed E-state index contributed by atoms with van der Waals surface area (Å²) in [4.78, 5) is 23.6. The number of hydrogen-bond acceptors (Lipinski definition) is 9. The molecule has 0 aliphatic heterocycles. The highest BCUT2D eigenvalue weighted by atomic mass is 35.5. The highest BCUT2D eigenvalue weighted by molar-refractivity contribution is 6.31. The minimum Gasteiger partial charge on any atom is -0.399 e. The molecule has 6 rings (SSSR count). The molecular formula is C33H26Cl3F4N9. The Balaban J connectivity index is 0.000000187. The molecule has 252 valence electrons. The first-order valence-electron chi connectivity index (χ1n) is 14.2. The molecule has 49 heavy (non-hydrogen) atoms. The number of nitrogen functional groups attached to an aromatic ring is 1. The Morgan fingerprint density at radius 1 is 0.490 bits per heavy atom. The summed E-state index contributed by atoms with van der Waals surface area (Å²) in [5, 5.41) is 6.02. The Hall–Kier alpha value is -5.11. The molecule has 0 fully saturated rings. The molecular weight excluding hydrogens is 705 g/mol. The molecule has 0 saturated heterocycles. The van der Waals surface area contributed by atoms with Crippen molar-refractivity contribution < 1.29 is 17.6 Å². The van der Waals surface area contributed by atoms with E-state index in [9.17, 15) is 17.6 Å². The lowest BCUT2D eigenvalue weighted by molar-refractivity contribution is 0.625. The third-order valence-electron chi connectivity index (χ3n) is 6.06. The van der Waals surface area contributed by atoms with E-state index >= 15 is 0 Å². The maximum Gasteiger partial charge on any atom is 0.228 e. The van der Waals surface area contributed by atoms with Gasteiger partial charge in [0, 0.05) is 25.2 Å². The van der Waals surface area contributed by atoms with Crippen molar-refractivity contribution in [1.82, 2.24) is 29.9 Å². The normalized spacial score (nSPS) is 10.3. The summed E-state index contributed by atoms with van der Waals surface area (Å²) in [6.45, 7) is 0.858. The van der Waals surface area contributed by atoms with Gasteiger partial charge in [0.1, 0.15) is 29.1 Å². The van der Waals surface area contributed by atoms with E-state index in [1.807, 2.05) is 0 Å². The van der Waals surface area contributed by atoms with E-state index in [0.29, 0.717) is 37.0 Å². The van der Waals surface area contributed by atoms with Crippen molar-refractivity contribution in [3.8, 4) is 0 Å². The van der Waals surface area contributed by atoms with Gasteiger partial charge in [0.2, 0.25) is 27.7 Å². The summed E-state index contributed by atoms with van der Waals surface area (Å²) in [5.41, 5.74) is 8.18. The van der Waals surface area contributed by atoms with Gasteiger partial charge < -0.3 is 16.4 Å². The lowest BCUT2D eigenvalue weighted by Crippen LogP contribution is -2.08. The minimum absolute atomic E-state index is 0.0200. The van der Waals surface area contributed by atoms with E-state index in [1.54, 1.807) is 48.5 Å². The first kappa shape index (κ1) is 36.7. The number of anilines is 3. The Morgan fingerprint density at radius 2 is 0.959 bits per heavy atom. The van der Waals surface area contributed by atoms with Crippen LogP contribution in [-0.4, -0.2) is 29.9 Å². The molecule has 4 N–H and O–H groups in total. The van der Waals surface area contributed by atoms with Gasteiger partial charge in [-0.15, -0.1) is 0 Å². The molecule has 0 spiro atoms. The summed E-state index contributed by atoms with van der Waals surface area (Å²) >= 11 is 17.2. The van der Waals surface area contributed by atoms with Crippen molar-refractivity contribution >= 4 is 52.4 Å². The molecule has 0 aliphatic carbocycles. The molecule has 0 aliphatic rings. The molecule has 0 atom stereocenters. The summed E-state index contributed by atoms with van der Waals surface area (Å²) in [6, 6.07) is 24.2. The van der Waals surface area contributed by atoms with Crippen molar-refractivity contribution in [2.45, 2.75) is 19.5 Å². The average molecular weight is 731 g/mol. The largest absolute Gasteiger partial charge is 0.399 e. The Labute approximate surface area is 293 Å². The predicted molar refractivity (Wildman–Crippen MR) is 182 cm³/mol. The topological polar surface area (TPSA) is 127 Å². The molecule has 6 aromatic rings. The van der Waals surface area contributed by atoms with Gasteiger partial charge >= 0.3 is 0 Å². The van der Waals surface area contributed by atoms with Crippen LogP contribution in [0.4, 0.5) is 35.1 Å². The van der Waals surface area contributed by atoms with E-state index in [0.717, 1.165) is 16.7 Å². The molecule has 0 bridgehead atoms. The third kappa shape index (κ3) is 13.5. The van der Waals surface area contributed by atoms with Gasteiger partial charge in [0.25, 0.3) is 0 Å². The smallest absolute Gasteiger partial charge is 0.228 e. The van der Waals surface area contributed by atoms with Crippen LogP contribution in [0.5, 0.6) is 0 Å². The van der Waals surface area contributed by atoms with Crippen molar-refractivity contribution in [1.29, 1.82) is 0 Å². The van der Waals surface area contributed by atoms with Crippen LogP contribution in [0.2, 0.25) is 15.9 Å². The van der Waals surface area contributed by atoms with Crippen molar-refractivity contribution in [3.05, 3.63) is 159 Å². The van der Waals surface area contributed by atoms with Crippen LogP contribution in [0.15, 0.2) is 97.1 Å². The molecule has 9 nitrogen and oxygen atoms in total. The molecule has 2 aromatic heterocycles. The summed E-state index contributed by atoms with van der Waals surface area (Å²) in [7, 11) is 0. The minimum atomic E-state index is -0.317. The van der Waals surface area contributed by atoms with Gasteiger partial charge in [-0.2, -0.15) is 24.9 Å². The van der Waals surface area contributed by atoms with Crippen LogP contribution in [0.1, 0.15) is 22.5 Å². The SMILES string of the molecule is Fc1ccc(CNc2nc(Cl)nc(Cc3cccc(F)c3)n2)cc1.Fc1ccc(CNc2nc(Cl)nc(Cl)n2)cc1.Nc1cccc(F)c1. The first-order chi connectivity index (χ1) is 23.5. The quantitative estimate of drug-likeness (QED) is 0.105. The van der Waals surface area contributed by atoms with Gasteiger partial charge in [-0.25, -0.2) is 22.5 Å². The zero-order chi connectivity index (χ0) is 35.2. The third-order valence-corrected chi connectivity index (χ3v) is 6.57. The summed E-state index contributed by atoms with van der Waals surface area (Å²) < 4.78 is 50.9. The average Bonchev–Trinajstić information content (AvgIpc) is 3.04. The van der Waals surface area contributed by atoms with E-state index in [1.165, 1.54) is 48.5 Å². The fourth-order valence-electron chi connectivity index (χ4n) is 3.86. The highest BCUT2D eigenvalue weighted by Gasteiger charge is 2.07. The number of nitrogens with one attached hydrogen (secondary N) is 2. The standard InChI is InChI=1S/C17H13ClF2N4.C10H7Cl2FN4.C6H6FN/c18-16-22-15(9-12-2-1-3-14(20)8-12)23-17(24-16)21-10-11-4-6-13(19)7-5-11;11-8-15-9(12)17-10(16-8)14-5-6-1-3-7(13)4-2-6;7-5-2-1-3-6(8)4-5/h1-8H,9-10H2,(H,21,22,23,24);1-4H,5H2,(H,14,15,16,17);1-4H,8H2. The molecule has 0 unspecified atom stereocenters. The second-order valence-corrected chi connectivity index (χ2v) is 10.9. The second kappa shape index (κ2) is 18.4. The van der Waals surface area contributed by atoms with Gasteiger partial charge in [0.15, 0.2) is 0 Å². The van der Waals surface area contributed by atoms with Gasteiger partial charge in [-0.3, -0.25) is 0 Å². The second-order valence-electron chi connectivity index (χ2n) is 9.86. The maximum atomic E-state index is 13.2. The number of rotatable bonds is 8. The molecule has 16 heteroatoms. The number of nitrogens with zero attached hydrogens (tertiary/aromatic N) is 6. The zero-order valence-corrected chi connectivity index (χ0v) is 27.5. The van der Waals surface area contributed by atoms with Crippen LogP contribution in [0.3, 0.4) is 0 Å². The fourth-order valence-corrected chi connectivity index (χ4v) is 4.40. The van der Waals surface area contributed by atoms with Gasteiger partial charge in [-0.05, 0) is 106 Å². The van der Waals surface area contributed by atoms with Crippen molar-refractivity contribution in [3.63, 3.8) is 0 Å². The van der Waals surface area contributed by atoms with E-state index in [-0.39, 0.29) is 45.1 Å². The number of aromatic nitrogens is 6. The molecule has 2 heterocycles. The van der Waals surface area contributed by atoms with Crippen LogP contribution in [0, 0.1) is 23.3 Å². The Morgan fingerprint density at radius 3 is 1.43 bits per heavy atom. The molecule has 0 saturated carbocycles. The van der Waals surface area contributed by atoms with E-state index < -0.39 is 0 Å². The zero-order valence-electron chi connectivity index (χ0n) is 25.3. The van der Waals surface area contributed by atoms with Crippen molar-refractivity contribution in [2.24, 2.45) is 0 Å². The Kier molecular flexibility index (Phi) is 13.8. The van der Waals surface area contributed by atoms with Crippen molar-refractivity contribution in [2.75, 3.05) is 16.4 Å². The van der Waals surface area contributed by atoms with Crippen LogP contribution < -0.4 is 16.4 Å². The van der Waals surface area contributed by atoms with E-state index in [2.05, 4.69) is 40.5 Å². The first-order valence-corrected chi connectivity index (χ1v) is 15.3. The predicted octanol–water partition coefficient (Wildman–Crippen LogP) is 8.34. The summed E-state index contributed by atoms with van der Waals surface area (Å²) in [5.74, 6) is -0.154. The Bertz CT molecular complexity index is 1920. The van der Waals surface area contributed by atoms with Gasteiger partial charge in [0.05, 0.1) is 0 Å². The lowest BCUT2D eigenvalue weighted by atomic mass is 10.1. The number of benzene rings is 4. The number of hydrogen-bond donors (Lipinski definition) is 3. The van der Waals surface area contributed by atoms with Crippen LogP contribution in [-0.2, 0) is 19.5 Å². The summed E-state index contributed by atoms with van der Waals surface area (Å²) in [6.07, 6.45) is 0.339. The highest BCUT2D eigenvalue weighted by Crippen LogP contribution is 2.14. The fraction of sp³-hybridized carbons (Fsp3) is 0.0909. The maximum absolute atomic E-state index is 13.2. The van der Waals surface area contributed by atoms with Gasteiger partial charge in [-0.1, -0.05) is 42.5 Å². The lowest BCUT2D eigenvalue weighted by Gasteiger charge is -2.07. The molecule has 0 radical (unpaired) electrons. The molecule has 0 amide bonds. The van der Waals surface area contributed by atoms with Crippen LogP contribution in [0.25, 0.3) is 0 Å². The van der Waals surface area contributed by atoms with E-state index in [4.69, 9.17) is 40.5 Å². The molecule has 4 aromatic carbocycles. The number of nitrogens with two attached hydrogens (primary N) is 1. The monoisotopic (exact) mass is 729 g/mol. The number of halogens is 7.